The molecule has 0 saturated heterocycles. The van der Waals surface area contributed by atoms with E-state index in [0.717, 1.165) is 17.9 Å². The van der Waals surface area contributed by atoms with Crippen molar-refractivity contribution in [1.82, 2.24) is 9.97 Å². The van der Waals surface area contributed by atoms with E-state index in [2.05, 4.69) is 9.97 Å². The molecule has 0 atom stereocenters. The molecule has 2 rings (SSSR count). The average molecular weight is 286 g/mol. The molecule has 0 bridgehead atoms. The lowest BCUT2D eigenvalue weighted by Gasteiger charge is -2.24. The molecule has 5 heteroatoms. The van der Waals surface area contributed by atoms with Gasteiger partial charge in [0.25, 0.3) is 0 Å². The zero-order chi connectivity index (χ0) is 15.5. The van der Waals surface area contributed by atoms with Gasteiger partial charge in [-0.3, -0.25) is 4.98 Å². The number of hydrogen-bond acceptors (Lipinski definition) is 5. The minimum absolute atomic E-state index is 0.332. The number of aromatic nitrogens is 2. The molecule has 21 heavy (non-hydrogen) atoms. The summed E-state index contributed by atoms with van der Waals surface area (Å²) in [5.41, 5.74) is 7.27. The first-order valence-electron chi connectivity index (χ1n) is 6.91. The predicted octanol–water partition coefficient (Wildman–Crippen LogP) is 2.87. The minimum Gasteiger partial charge on any atom is -0.470 e. The highest BCUT2D eigenvalue weighted by Crippen LogP contribution is 2.26. The largest absolute Gasteiger partial charge is 0.470 e. The van der Waals surface area contributed by atoms with Crippen LogP contribution in [0, 0.1) is 0 Å². The summed E-state index contributed by atoms with van der Waals surface area (Å²) in [5, 5.41) is 0. The van der Waals surface area contributed by atoms with Crippen LogP contribution in [-0.4, -0.2) is 22.6 Å². The Morgan fingerprint density at radius 2 is 2.00 bits per heavy atom. The second-order valence-corrected chi connectivity index (χ2v) is 6.00. The monoisotopic (exact) mass is 286 g/mol. The standard InChI is InChI=1S/C16H22N4O/c1-16(2,3)21-15-13(17)7-8-14(19-15)20(4)11-12-6-5-9-18-10-12/h5-10H,11,17H2,1-4H3. The Labute approximate surface area is 125 Å². The number of nitrogens with zero attached hydrogens (tertiary/aromatic N) is 3. The number of nitrogens with two attached hydrogens (primary N) is 1. The fourth-order valence-corrected chi connectivity index (χ4v) is 1.87. The zero-order valence-corrected chi connectivity index (χ0v) is 13.0. The van der Waals surface area contributed by atoms with Crippen LogP contribution in [-0.2, 0) is 6.54 Å². The number of rotatable bonds is 4. The topological polar surface area (TPSA) is 64.3 Å². The predicted molar refractivity (Wildman–Crippen MR) is 85.4 cm³/mol. The van der Waals surface area contributed by atoms with Crippen molar-refractivity contribution in [3.05, 3.63) is 42.2 Å². The van der Waals surface area contributed by atoms with Gasteiger partial charge in [0.05, 0.1) is 5.69 Å². The zero-order valence-electron chi connectivity index (χ0n) is 13.0. The molecule has 2 aromatic rings. The summed E-state index contributed by atoms with van der Waals surface area (Å²) < 4.78 is 5.80. The van der Waals surface area contributed by atoms with Crippen LogP contribution in [0.2, 0.25) is 0 Å². The first kappa shape index (κ1) is 15.1. The molecular weight excluding hydrogens is 264 g/mol. The lowest BCUT2D eigenvalue weighted by atomic mass is 10.2. The highest BCUT2D eigenvalue weighted by Gasteiger charge is 2.16. The third-order valence-corrected chi connectivity index (χ3v) is 2.81. The first-order chi connectivity index (χ1) is 9.85. The molecule has 0 unspecified atom stereocenters. The Morgan fingerprint density at radius 1 is 1.24 bits per heavy atom. The van der Waals surface area contributed by atoms with Crippen molar-refractivity contribution in [1.29, 1.82) is 0 Å². The van der Waals surface area contributed by atoms with Crippen molar-refractivity contribution in [2.45, 2.75) is 32.9 Å². The molecule has 0 aromatic carbocycles. The number of pyridine rings is 2. The van der Waals surface area contributed by atoms with Gasteiger partial charge in [0, 0.05) is 26.0 Å². The summed E-state index contributed by atoms with van der Waals surface area (Å²) in [6, 6.07) is 7.67. The van der Waals surface area contributed by atoms with E-state index in [4.69, 9.17) is 10.5 Å². The number of ether oxygens (including phenoxy) is 1. The van der Waals surface area contributed by atoms with Gasteiger partial charge in [-0.2, -0.15) is 4.98 Å². The van der Waals surface area contributed by atoms with E-state index >= 15 is 0 Å². The highest BCUT2D eigenvalue weighted by molar-refractivity contribution is 5.54. The summed E-state index contributed by atoms with van der Waals surface area (Å²) in [6.45, 7) is 6.64. The molecule has 0 spiro atoms. The molecule has 2 heterocycles. The van der Waals surface area contributed by atoms with E-state index in [1.54, 1.807) is 6.20 Å². The van der Waals surface area contributed by atoms with Gasteiger partial charge >= 0.3 is 0 Å². The maximum atomic E-state index is 5.93. The van der Waals surface area contributed by atoms with Crippen LogP contribution >= 0.6 is 0 Å². The van der Waals surface area contributed by atoms with Gasteiger partial charge in [-0.1, -0.05) is 6.07 Å². The highest BCUT2D eigenvalue weighted by atomic mass is 16.5. The van der Waals surface area contributed by atoms with E-state index in [0.29, 0.717) is 11.6 Å². The van der Waals surface area contributed by atoms with Crippen LogP contribution in [0.15, 0.2) is 36.7 Å². The van der Waals surface area contributed by atoms with E-state index in [9.17, 15) is 0 Å². The summed E-state index contributed by atoms with van der Waals surface area (Å²) >= 11 is 0. The molecule has 2 aromatic heterocycles. The third kappa shape index (κ3) is 4.34. The summed E-state index contributed by atoms with van der Waals surface area (Å²) in [6.07, 6.45) is 3.61. The Kier molecular flexibility index (Phi) is 4.31. The van der Waals surface area contributed by atoms with Gasteiger partial charge in [-0.05, 0) is 44.5 Å². The van der Waals surface area contributed by atoms with Crippen molar-refractivity contribution in [2.24, 2.45) is 0 Å². The Morgan fingerprint density at radius 3 is 2.62 bits per heavy atom. The molecule has 0 fully saturated rings. The Balaban J connectivity index is 2.18. The molecule has 0 amide bonds. The SMILES string of the molecule is CN(Cc1cccnc1)c1ccc(N)c(OC(C)(C)C)n1. The minimum atomic E-state index is -0.332. The van der Waals surface area contributed by atoms with Crippen molar-refractivity contribution < 1.29 is 4.74 Å². The lowest BCUT2D eigenvalue weighted by molar-refractivity contribution is 0.125. The maximum absolute atomic E-state index is 5.93. The van der Waals surface area contributed by atoms with Crippen LogP contribution in [0.1, 0.15) is 26.3 Å². The summed E-state index contributed by atoms with van der Waals surface area (Å²) in [7, 11) is 1.98. The number of nitrogen functional groups attached to an aromatic ring is 1. The van der Waals surface area contributed by atoms with Gasteiger partial charge in [0.15, 0.2) is 0 Å². The molecule has 0 radical (unpaired) electrons. The fourth-order valence-electron chi connectivity index (χ4n) is 1.87. The van der Waals surface area contributed by atoms with Crippen LogP contribution in [0.4, 0.5) is 11.5 Å². The van der Waals surface area contributed by atoms with Gasteiger partial charge in [0.1, 0.15) is 11.4 Å². The second kappa shape index (κ2) is 5.99. The van der Waals surface area contributed by atoms with Crippen molar-refractivity contribution in [3.63, 3.8) is 0 Å². The van der Waals surface area contributed by atoms with Gasteiger partial charge < -0.3 is 15.4 Å². The molecule has 5 nitrogen and oxygen atoms in total. The molecule has 0 aliphatic carbocycles. The molecule has 0 aliphatic rings. The lowest BCUT2D eigenvalue weighted by Crippen LogP contribution is -2.25. The first-order valence-corrected chi connectivity index (χ1v) is 6.91. The van der Waals surface area contributed by atoms with Gasteiger partial charge in [0.2, 0.25) is 5.88 Å². The van der Waals surface area contributed by atoms with E-state index < -0.39 is 0 Å². The fraction of sp³-hybridized carbons (Fsp3) is 0.375. The van der Waals surface area contributed by atoms with Crippen molar-refractivity contribution >= 4 is 11.5 Å². The second-order valence-electron chi connectivity index (χ2n) is 6.00. The summed E-state index contributed by atoms with van der Waals surface area (Å²) in [5.74, 6) is 1.28. The van der Waals surface area contributed by atoms with Crippen LogP contribution in [0.5, 0.6) is 5.88 Å². The van der Waals surface area contributed by atoms with Crippen LogP contribution in [0.25, 0.3) is 0 Å². The molecule has 0 saturated carbocycles. The van der Waals surface area contributed by atoms with E-state index in [-0.39, 0.29) is 5.60 Å². The van der Waals surface area contributed by atoms with Crippen molar-refractivity contribution in [3.8, 4) is 5.88 Å². The molecule has 112 valence electrons. The number of anilines is 2. The van der Waals surface area contributed by atoms with Gasteiger partial charge in [-0.25, -0.2) is 0 Å². The van der Waals surface area contributed by atoms with Crippen molar-refractivity contribution in [2.75, 3.05) is 17.7 Å². The van der Waals surface area contributed by atoms with Crippen LogP contribution in [0.3, 0.4) is 0 Å². The molecular formula is C16H22N4O. The van der Waals surface area contributed by atoms with Crippen LogP contribution < -0.4 is 15.4 Å². The molecule has 0 aliphatic heterocycles. The van der Waals surface area contributed by atoms with E-state index in [1.165, 1.54) is 0 Å². The number of hydrogen-bond donors (Lipinski definition) is 1. The maximum Gasteiger partial charge on any atom is 0.239 e. The quantitative estimate of drug-likeness (QED) is 0.936. The van der Waals surface area contributed by atoms with Gasteiger partial charge in [-0.15, -0.1) is 0 Å². The normalized spacial score (nSPS) is 11.2. The average Bonchev–Trinajstić information content (AvgIpc) is 2.41. The smallest absolute Gasteiger partial charge is 0.239 e. The van der Waals surface area contributed by atoms with E-state index in [1.807, 2.05) is 63.2 Å². The summed E-state index contributed by atoms with van der Waals surface area (Å²) in [4.78, 5) is 10.7. The Bertz CT molecular complexity index is 593. The Hall–Kier alpha value is -2.30. The third-order valence-electron chi connectivity index (χ3n) is 2.81. The molecule has 2 N–H and O–H groups in total.